The first-order valence-corrected chi connectivity index (χ1v) is 3.96. The molecule has 0 saturated heterocycles. The summed E-state index contributed by atoms with van der Waals surface area (Å²) in [7, 11) is 0. The minimum Gasteiger partial charge on any atom is -0.335 e. The summed E-state index contributed by atoms with van der Waals surface area (Å²) >= 11 is 0. The third-order valence-corrected chi connectivity index (χ3v) is 1.83. The van der Waals surface area contributed by atoms with Gasteiger partial charge in [0.05, 0.1) is 17.5 Å². The summed E-state index contributed by atoms with van der Waals surface area (Å²) in [4.78, 5) is 6.45. The van der Waals surface area contributed by atoms with Gasteiger partial charge in [-0.05, 0) is 17.7 Å². The van der Waals surface area contributed by atoms with Gasteiger partial charge in [-0.2, -0.15) is 13.2 Å². The molecular weight excluding hydrogens is 193 g/mol. The molecule has 0 aliphatic rings. The van der Waals surface area contributed by atoms with Crippen LogP contribution in [0.5, 0.6) is 0 Å². The van der Waals surface area contributed by atoms with Crippen LogP contribution in [0.25, 0.3) is 11.0 Å². The van der Waals surface area contributed by atoms with Crippen molar-refractivity contribution in [2.45, 2.75) is 12.6 Å². The Labute approximate surface area is 77.8 Å². The molecule has 2 rings (SSSR count). The van der Waals surface area contributed by atoms with Gasteiger partial charge in [-0.15, -0.1) is 0 Å². The molecule has 5 heteroatoms. The average Bonchev–Trinajstić information content (AvgIpc) is 2.47. The Hall–Kier alpha value is -1.52. The quantitative estimate of drug-likeness (QED) is 0.750. The molecule has 0 aliphatic heterocycles. The van der Waals surface area contributed by atoms with Crippen molar-refractivity contribution >= 4 is 11.0 Å². The lowest BCUT2D eigenvalue weighted by Gasteiger charge is -2.05. The molecule has 2 aromatic rings. The Kier molecular flexibility index (Phi) is 1.94. The Morgan fingerprint density at radius 1 is 1.36 bits per heavy atom. The fraction of sp³-hybridized carbons (Fsp3) is 0.222. The normalized spacial score (nSPS) is 12.2. The molecule has 1 aromatic heterocycles. The van der Waals surface area contributed by atoms with Crippen molar-refractivity contribution in [2.24, 2.45) is 0 Å². The molecule has 0 aliphatic carbocycles. The van der Waals surface area contributed by atoms with Crippen LogP contribution in [-0.4, -0.2) is 16.1 Å². The first kappa shape index (κ1) is 9.05. The molecule has 0 fully saturated rings. The lowest BCUT2D eigenvalue weighted by atomic mass is 10.1. The summed E-state index contributed by atoms with van der Waals surface area (Å²) in [5.74, 6) is 0. The number of imidazole rings is 1. The number of alkyl halides is 3. The van der Waals surface area contributed by atoms with Crippen molar-refractivity contribution < 1.29 is 13.2 Å². The summed E-state index contributed by atoms with van der Waals surface area (Å²) in [6, 6.07) is 4.41. The number of nitrogens with zero attached hydrogens (tertiary/aromatic N) is 1. The highest BCUT2D eigenvalue weighted by molar-refractivity contribution is 5.74. The van der Waals surface area contributed by atoms with Crippen LogP contribution in [0.15, 0.2) is 18.2 Å². The van der Waals surface area contributed by atoms with Gasteiger partial charge in [0.25, 0.3) is 0 Å². The van der Waals surface area contributed by atoms with Crippen molar-refractivity contribution in [3.05, 3.63) is 30.1 Å². The maximum absolute atomic E-state index is 12.0. The fourth-order valence-corrected chi connectivity index (χ4v) is 1.27. The third kappa shape index (κ3) is 1.86. The van der Waals surface area contributed by atoms with Crippen LogP contribution in [-0.2, 0) is 6.42 Å². The lowest BCUT2D eigenvalue weighted by Crippen LogP contribution is -2.11. The Morgan fingerprint density at radius 2 is 2.14 bits per heavy atom. The van der Waals surface area contributed by atoms with Crippen LogP contribution in [0.3, 0.4) is 0 Å². The van der Waals surface area contributed by atoms with E-state index in [1.165, 1.54) is 12.1 Å². The van der Waals surface area contributed by atoms with E-state index in [9.17, 15) is 13.2 Å². The summed E-state index contributed by atoms with van der Waals surface area (Å²) in [5.41, 5.74) is 1.41. The average molecular weight is 199 g/mol. The largest absolute Gasteiger partial charge is 0.393 e. The molecule has 2 nitrogen and oxygen atoms in total. The second kappa shape index (κ2) is 3.01. The van der Waals surface area contributed by atoms with E-state index in [0.29, 0.717) is 11.0 Å². The van der Waals surface area contributed by atoms with Gasteiger partial charge in [-0.3, -0.25) is 0 Å². The molecule has 1 heterocycles. The SMILES string of the molecule is FC(F)(F)Cc1ccc2[nH][c]nc2c1. The first-order chi connectivity index (χ1) is 6.54. The Balaban J connectivity index is 2.35. The van der Waals surface area contributed by atoms with Gasteiger partial charge >= 0.3 is 6.18 Å². The lowest BCUT2D eigenvalue weighted by molar-refractivity contribution is -0.127. The zero-order chi connectivity index (χ0) is 10.2. The van der Waals surface area contributed by atoms with E-state index >= 15 is 0 Å². The van der Waals surface area contributed by atoms with E-state index in [1.807, 2.05) is 0 Å². The van der Waals surface area contributed by atoms with Crippen molar-refractivity contribution in [2.75, 3.05) is 0 Å². The molecule has 0 atom stereocenters. The number of aromatic nitrogens is 2. The highest BCUT2D eigenvalue weighted by atomic mass is 19.4. The molecule has 1 aromatic carbocycles. The van der Waals surface area contributed by atoms with E-state index in [2.05, 4.69) is 16.3 Å². The number of H-pyrrole nitrogens is 1. The first-order valence-electron chi connectivity index (χ1n) is 3.96. The van der Waals surface area contributed by atoms with Crippen LogP contribution in [0.4, 0.5) is 13.2 Å². The second-order valence-corrected chi connectivity index (χ2v) is 2.99. The van der Waals surface area contributed by atoms with Crippen LogP contribution in [0.1, 0.15) is 5.56 Å². The smallest absolute Gasteiger partial charge is 0.335 e. The minimum atomic E-state index is -4.17. The zero-order valence-corrected chi connectivity index (χ0v) is 7.02. The Morgan fingerprint density at radius 3 is 2.86 bits per heavy atom. The van der Waals surface area contributed by atoms with E-state index in [4.69, 9.17) is 0 Å². The standard InChI is InChI=1S/C9H6F3N2/c10-9(11,12)4-6-1-2-7-8(3-6)14-5-13-7/h1-3H,4H2,(H,13,14). The molecule has 0 unspecified atom stereocenters. The van der Waals surface area contributed by atoms with Crippen molar-refractivity contribution in [1.29, 1.82) is 0 Å². The van der Waals surface area contributed by atoms with E-state index < -0.39 is 12.6 Å². The van der Waals surface area contributed by atoms with Crippen molar-refractivity contribution in [3.63, 3.8) is 0 Å². The van der Waals surface area contributed by atoms with Crippen LogP contribution in [0.2, 0.25) is 0 Å². The number of aromatic amines is 1. The van der Waals surface area contributed by atoms with E-state index in [0.717, 1.165) is 0 Å². The summed E-state index contributed by atoms with van der Waals surface area (Å²) in [5, 5.41) is 0. The predicted octanol–water partition coefficient (Wildman–Crippen LogP) is 2.47. The topological polar surface area (TPSA) is 28.7 Å². The highest BCUT2D eigenvalue weighted by Gasteiger charge is 2.27. The second-order valence-electron chi connectivity index (χ2n) is 2.99. The number of fused-ring (bicyclic) bond motifs is 1. The summed E-state index contributed by atoms with van der Waals surface area (Å²) in [6.45, 7) is 0. The van der Waals surface area contributed by atoms with Gasteiger partial charge in [0, 0.05) is 0 Å². The van der Waals surface area contributed by atoms with Gasteiger partial charge in [0.15, 0.2) is 6.33 Å². The molecule has 73 valence electrons. The number of nitrogens with one attached hydrogen (secondary N) is 1. The molecule has 14 heavy (non-hydrogen) atoms. The third-order valence-electron chi connectivity index (χ3n) is 1.83. The van der Waals surface area contributed by atoms with Crippen molar-refractivity contribution in [3.8, 4) is 0 Å². The fourth-order valence-electron chi connectivity index (χ4n) is 1.27. The molecule has 0 saturated carbocycles. The Bertz CT molecular complexity index is 444. The zero-order valence-electron chi connectivity index (χ0n) is 7.02. The van der Waals surface area contributed by atoms with Gasteiger partial charge in [-0.25, -0.2) is 4.98 Å². The van der Waals surface area contributed by atoms with Gasteiger partial charge in [0.1, 0.15) is 0 Å². The number of hydrogen-bond acceptors (Lipinski definition) is 1. The van der Waals surface area contributed by atoms with Crippen LogP contribution >= 0.6 is 0 Å². The molecular formula is C9H6F3N2. The van der Waals surface area contributed by atoms with Gasteiger partial charge < -0.3 is 4.98 Å². The van der Waals surface area contributed by atoms with Crippen LogP contribution in [0, 0.1) is 6.33 Å². The summed E-state index contributed by atoms with van der Waals surface area (Å²) < 4.78 is 36.1. The number of benzene rings is 1. The number of rotatable bonds is 1. The van der Waals surface area contributed by atoms with Gasteiger partial charge in [0.2, 0.25) is 0 Å². The van der Waals surface area contributed by atoms with E-state index in [-0.39, 0.29) is 5.56 Å². The number of hydrogen-bond donors (Lipinski definition) is 1. The molecule has 0 spiro atoms. The molecule has 0 amide bonds. The number of halogens is 3. The van der Waals surface area contributed by atoms with Crippen molar-refractivity contribution in [1.82, 2.24) is 9.97 Å². The maximum Gasteiger partial charge on any atom is 0.393 e. The molecule has 1 radical (unpaired) electrons. The molecule has 1 N–H and O–H groups in total. The molecule has 0 bridgehead atoms. The van der Waals surface area contributed by atoms with Gasteiger partial charge in [-0.1, -0.05) is 6.07 Å². The monoisotopic (exact) mass is 199 g/mol. The summed E-state index contributed by atoms with van der Waals surface area (Å²) in [6.07, 6.45) is -2.62. The van der Waals surface area contributed by atoms with E-state index in [1.54, 1.807) is 6.07 Å². The maximum atomic E-state index is 12.0. The highest BCUT2D eigenvalue weighted by Crippen LogP contribution is 2.22. The predicted molar refractivity (Wildman–Crippen MR) is 44.7 cm³/mol. The van der Waals surface area contributed by atoms with Crippen LogP contribution < -0.4 is 0 Å². The minimum absolute atomic E-state index is 0.213.